The largest absolute Gasteiger partial charge is 0.497 e. The molecule has 0 bridgehead atoms. The first-order valence-electron chi connectivity index (χ1n) is 10.5. The molecule has 9 heteroatoms. The van der Waals surface area contributed by atoms with Crippen LogP contribution in [0, 0.1) is 0 Å². The third kappa shape index (κ3) is 4.92. The standard InChI is InChI=1S/C25H22Cl2N4O3/c1-34-18-10-5-9-17(13-18)31-25(33)30(15-22(28)16-7-3-2-4-8-16)24(32)23(29-31)14-19-20(26)11-6-12-21(19)27/h2-13,22H,14-15,28H2,1H3. The Hall–Kier alpha value is -3.39. The van der Waals surface area contributed by atoms with Crippen molar-refractivity contribution >= 4 is 23.2 Å². The van der Waals surface area contributed by atoms with E-state index < -0.39 is 17.3 Å². The molecule has 0 fully saturated rings. The first-order valence-corrected chi connectivity index (χ1v) is 11.3. The summed E-state index contributed by atoms with van der Waals surface area (Å²) in [6.07, 6.45) is 0.0438. The highest BCUT2D eigenvalue weighted by molar-refractivity contribution is 6.36. The van der Waals surface area contributed by atoms with Crippen LogP contribution in [0.3, 0.4) is 0 Å². The molecule has 0 spiro atoms. The Morgan fingerprint density at radius 2 is 1.65 bits per heavy atom. The van der Waals surface area contributed by atoms with E-state index >= 15 is 0 Å². The van der Waals surface area contributed by atoms with Crippen molar-refractivity contribution in [3.63, 3.8) is 0 Å². The number of nitrogens with two attached hydrogens (primary N) is 1. The van der Waals surface area contributed by atoms with Gasteiger partial charge in [-0.05, 0) is 35.4 Å². The van der Waals surface area contributed by atoms with Crippen LogP contribution in [0.15, 0.2) is 82.4 Å². The van der Waals surface area contributed by atoms with Crippen molar-refractivity contribution in [1.82, 2.24) is 14.3 Å². The number of nitrogens with zero attached hydrogens (tertiary/aromatic N) is 3. The van der Waals surface area contributed by atoms with Gasteiger partial charge in [0.2, 0.25) is 0 Å². The topological polar surface area (TPSA) is 92.1 Å². The van der Waals surface area contributed by atoms with Gasteiger partial charge in [0, 0.05) is 28.6 Å². The Bertz CT molecular complexity index is 1410. The highest BCUT2D eigenvalue weighted by atomic mass is 35.5. The second-order valence-electron chi connectivity index (χ2n) is 7.65. The van der Waals surface area contributed by atoms with E-state index in [-0.39, 0.29) is 18.7 Å². The van der Waals surface area contributed by atoms with Crippen molar-refractivity contribution in [3.8, 4) is 11.4 Å². The van der Waals surface area contributed by atoms with E-state index in [1.807, 2.05) is 30.3 Å². The quantitative estimate of drug-likeness (QED) is 0.417. The number of ether oxygens (including phenoxy) is 1. The molecule has 2 N–H and O–H groups in total. The SMILES string of the molecule is COc1cccc(-n2nc(Cc3c(Cl)cccc3Cl)c(=O)n(CC(N)c3ccccc3)c2=O)c1. The minimum atomic E-state index is -0.612. The van der Waals surface area contributed by atoms with Crippen LogP contribution in [0.2, 0.25) is 10.0 Å². The maximum Gasteiger partial charge on any atom is 0.352 e. The van der Waals surface area contributed by atoms with Crippen molar-refractivity contribution in [3.05, 3.63) is 121 Å². The molecule has 3 aromatic carbocycles. The van der Waals surface area contributed by atoms with Gasteiger partial charge in [-0.15, -0.1) is 0 Å². The summed E-state index contributed by atoms with van der Waals surface area (Å²) in [5.41, 5.74) is 7.10. The Labute approximate surface area is 205 Å². The fraction of sp³-hybridized carbons (Fsp3) is 0.160. The molecule has 4 aromatic rings. The van der Waals surface area contributed by atoms with Gasteiger partial charge in [0.1, 0.15) is 11.4 Å². The van der Waals surface area contributed by atoms with Crippen LogP contribution >= 0.6 is 23.2 Å². The molecule has 4 rings (SSSR count). The normalized spacial score (nSPS) is 11.9. The zero-order valence-electron chi connectivity index (χ0n) is 18.3. The molecule has 1 heterocycles. The molecule has 0 saturated heterocycles. The Kier molecular flexibility index (Phi) is 7.17. The van der Waals surface area contributed by atoms with Crippen LogP contribution < -0.4 is 21.7 Å². The van der Waals surface area contributed by atoms with Crippen molar-refractivity contribution in [2.45, 2.75) is 19.0 Å². The maximum absolute atomic E-state index is 13.4. The fourth-order valence-corrected chi connectivity index (χ4v) is 4.15. The van der Waals surface area contributed by atoms with E-state index in [2.05, 4.69) is 5.10 Å². The Morgan fingerprint density at radius 3 is 2.32 bits per heavy atom. The average Bonchev–Trinajstić information content (AvgIpc) is 2.85. The van der Waals surface area contributed by atoms with Crippen molar-refractivity contribution < 1.29 is 4.74 Å². The van der Waals surface area contributed by atoms with E-state index in [0.29, 0.717) is 27.0 Å². The number of hydrogen-bond acceptors (Lipinski definition) is 5. The highest BCUT2D eigenvalue weighted by Crippen LogP contribution is 2.26. The highest BCUT2D eigenvalue weighted by Gasteiger charge is 2.19. The molecule has 174 valence electrons. The van der Waals surface area contributed by atoms with Gasteiger partial charge in [0.15, 0.2) is 0 Å². The molecule has 0 aliphatic heterocycles. The molecule has 1 aromatic heterocycles. The summed E-state index contributed by atoms with van der Waals surface area (Å²) in [7, 11) is 1.53. The van der Waals surface area contributed by atoms with E-state index in [1.165, 1.54) is 11.8 Å². The lowest BCUT2D eigenvalue weighted by molar-refractivity contribution is 0.414. The van der Waals surface area contributed by atoms with Gasteiger partial charge < -0.3 is 10.5 Å². The summed E-state index contributed by atoms with van der Waals surface area (Å²) in [6.45, 7) is -0.0303. The van der Waals surface area contributed by atoms with Crippen LogP contribution in [0.1, 0.15) is 22.9 Å². The lowest BCUT2D eigenvalue weighted by Gasteiger charge is -2.17. The lowest BCUT2D eigenvalue weighted by atomic mass is 10.1. The number of rotatable bonds is 7. The summed E-state index contributed by atoms with van der Waals surface area (Å²) in [4.78, 5) is 26.8. The van der Waals surface area contributed by atoms with E-state index in [1.54, 1.807) is 42.5 Å². The molecular weight excluding hydrogens is 475 g/mol. The zero-order valence-corrected chi connectivity index (χ0v) is 19.8. The predicted molar refractivity (Wildman–Crippen MR) is 133 cm³/mol. The fourth-order valence-electron chi connectivity index (χ4n) is 3.62. The number of hydrogen-bond donors (Lipinski definition) is 1. The molecule has 7 nitrogen and oxygen atoms in total. The van der Waals surface area contributed by atoms with Gasteiger partial charge >= 0.3 is 5.69 Å². The maximum atomic E-state index is 13.4. The average molecular weight is 497 g/mol. The van der Waals surface area contributed by atoms with Crippen LogP contribution in [0.25, 0.3) is 5.69 Å². The number of aromatic nitrogens is 3. The van der Waals surface area contributed by atoms with Crippen molar-refractivity contribution in [2.24, 2.45) is 5.73 Å². The van der Waals surface area contributed by atoms with Gasteiger partial charge in [0.05, 0.1) is 19.3 Å². The Morgan fingerprint density at radius 1 is 0.971 bits per heavy atom. The van der Waals surface area contributed by atoms with E-state index in [0.717, 1.165) is 10.1 Å². The molecule has 0 amide bonds. The van der Waals surface area contributed by atoms with Crippen LogP contribution in [-0.4, -0.2) is 21.5 Å². The lowest BCUT2D eigenvalue weighted by Crippen LogP contribution is -2.44. The molecular formula is C25H22Cl2N4O3. The summed E-state index contributed by atoms with van der Waals surface area (Å²) in [5, 5.41) is 5.20. The number of benzene rings is 3. The van der Waals surface area contributed by atoms with Gasteiger partial charge in [-0.2, -0.15) is 9.78 Å². The molecule has 0 radical (unpaired) electrons. The van der Waals surface area contributed by atoms with Gasteiger partial charge in [-0.25, -0.2) is 4.79 Å². The van der Waals surface area contributed by atoms with Gasteiger partial charge in [-0.3, -0.25) is 9.36 Å². The van der Waals surface area contributed by atoms with Crippen molar-refractivity contribution in [1.29, 1.82) is 0 Å². The van der Waals surface area contributed by atoms with Gasteiger partial charge in [0.25, 0.3) is 5.56 Å². The predicted octanol–water partition coefficient (Wildman–Crippen LogP) is 4.00. The zero-order chi connectivity index (χ0) is 24.2. The molecule has 0 aliphatic carbocycles. The minimum absolute atomic E-state index is 0.0303. The molecule has 1 atom stereocenters. The van der Waals surface area contributed by atoms with Crippen LogP contribution in [0.4, 0.5) is 0 Å². The molecule has 0 aliphatic rings. The van der Waals surface area contributed by atoms with Gasteiger partial charge in [-0.1, -0.05) is 65.7 Å². The third-order valence-electron chi connectivity index (χ3n) is 5.44. The molecule has 1 unspecified atom stereocenters. The third-order valence-corrected chi connectivity index (χ3v) is 6.14. The summed E-state index contributed by atoms with van der Waals surface area (Å²) < 4.78 is 7.55. The molecule has 0 saturated carbocycles. The summed E-state index contributed by atoms with van der Waals surface area (Å²) in [6, 6.07) is 20.6. The van der Waals surface area contributed by atoms with Crippen LogP contribution in [-0.2, 0) is 13.0 Å². The minimum Gasteiger partial charge on any atom is -0.497 e. The first-order chi connectivity index (χ1) is 16.4. The van der Waals surface area contributed by atoms with Crippen molar-refractivity contribution in [2.75, 3.05) is 7.11 Å². The second-order valence-corrected chi connectivity index (χ2v) is 8.47. The summed E-state index contributed by atoms with van der Waals surface area (Å²) in [5.74, 6) is 0.542. The number of halogens is 2. The number of methoxy groups -OCH3 is 1. The molecule has 34 heavy (non-hydrogen) atoms. The summed E-state index contributed by atoms with van der Waals surface area (Å²) >= 11 is 12.7. The van der Waals surface area contributed by atoms with Crippen LogP contribution in [0.5, 0.6) is 5.75 Å². The monoisotopic (exact) mass is 496 g/mol. The van der Waals surface area contributed by atoms with E-state index in [9.17, 15) is 9.59 Å². The second kappa shape index (κ2) is 10.3. The first kappa shape index (κ1) is 23.8. The Balaban J connectivity index is 1.88. The van der Waals surface area contributed by atoms with E-state index in [4.69, 9.17) is 33.7 Å². The smallest absolute Gasteiger partial charge is 0.352 e.